The number of H-pyrrole nitrogens is 1. The number of amides is 1. The maximum absolute atomic E-state index is 11.6. The molecule has 1 aromatic heterocycles. The Bertz CT molecular complexity index is 862. The molecule has 0 saturated carbocycles. The zero-order chi connectivity index (χ0) is 15.0. The van der Waals surface area contributed by atoms with Crippen molar-refractivity contribution in [2.24, 2.45) is 5.73 Å². The number of aromatic nitrogens is 1. The van der Waals surface area contributed by atoms with Gasteiger partial charge < -0.3 is 10.7 Å². The van der Waals surface area contributed by atoms with Crippen LogP contribution in [-0.4, -0.2) is 16.7 Å². The highest BCUT2D eigenvalue weighted by Crippen LogP contribution is 2.27. The molecule has 0 bridgehead atoms. The molecule has 0 aliphatic rings. The second-order valence-electron chi connectivity index (χ2n) is 4.97. The molecule has 0 atom stereocenters. The highest BCUT2D eigenvalue weighted by molar-refractivity contribution is 6.07. The number of carbonyl (C=O) groups excluding carboxylic acids is 2. The van der Waals surface area contributed by atoms with Crippen molar-refractivity contribution in [3.05, 3.63) is 59.8 Å². The van der Waals surface area contributed by atoms with Crippen LogP contribution in [0, 0.1) is 0 Å². The van der Waals surface area contributed by atoms with Crippen molar-refractivity contribution in [1.29, 1.82) is 0 Å². The Balaban J connectivity index is 2.23. The third-order valence-corrected chi connectivity index (χ3v) is 3.53. The Morgan fingerprint density at radius 1 is 1.05 bits per heavy atom. The van der Waals surface area contributed by atoms with Crippen LogP contribution >= 0.6 is 0 Å². The molecule has 2 aromatic carbocycles. The number of Topliss-reactive ketones (excluding diaryl/α,β-unsaturated/α-hetero) is 1. The zero-order valence-corrected chi connectivity index (χ0v) is 11.5. The molecule has 0 fully saturated rings. The predicted molar refractivity (Wildman–Crippen MR) is 82.3 cm³/mol. The Morgan fingerprint density at radius 2 is 1.86 bits per heavy atom. The number of nitrogens with one attached hydrogen (secondary N) is 1. The smallest absolute Gasteiger partial charge is 0.250 e. The lowest BCUT2D eigenvalue weighted by molar-refractivity contribution is 0.0997. The van der Waals surface area contributed by atoms with Crippen LogP contribution in [0.4, 0.5) is 0 Å². The summed E-state index contributed by atoms with van der Waals surface area (Å²) in [6, 6.07) is 12.9. The summed E-state index contributed by atoms with van der Waals surface area (Å²) < 4.78 is 0. The van der Waals surface area contributed by atoms with Gasteiger partial charge in [0.25, 0.3) is 5.91 Å². The van der Waals surface area contributed by atoms with Crippen molar-refractivity contribution in [1.82, 2.24) is 4.98 Å². The van der Waals surface area contributed by atoms with Crippen molar-refractivity contribution in [2.45, 2.75) is 6.92 Å². The minimum absolute atomic E-state index is 0.00898. The molecule has 104 valence electrons. The van der Waals surface area contributed by atoms with Crippen molar-refractivity contribution in [2.75, 3.05) is 0 Å². The van der Waals surface area contributed by atoms with Gasteiger partial charge in [0.05, 0.1) is 11.1 Å². The Morgan fingerprint density at radius 3 is 2.57 bits per heavy atom. The van der Waals surface area contributed by atoms with E-state index in [0.29, 0.717) is 11.1 Å². The molecule has 0 aliphatic carbocycles. The molecule has 1 heterocycles. The third-order valence-electron chi connectivity index (χ3n) is 3.53. The quantitative estimate of drug-likeness (QED) is 0.722. The number of aromatic amines is 1. The van der Waals surface area contributed by atoms with Crippen molar-refractivity contribution in [3.63, 3.8) is 0 Å². The lowest BCUT2D eigenvalue weighted by Crippen LogP contribution is -2.11. The standard InChI is InChI=1S/C17H14N2O2/c1-10(20)11-3-2-4-12(7-11)14-8-13-5-6-19-16(13)15(9-14)17(18)21/h2-9,19H,1H3,(H2,18,21). The summed E-state index contributed by atoms with van der Waals surface area (Å²) in [5.41, 5.74) is 9.01. The van der Waals surface area contributed by atoms with Crippen LogP contribution in [-0.2, 0) is 0 Å². The van der Waals surface area contributed by atoms with E-state index in [1.54, 1.807) is 18.3 Å². The molecule has 3 aromatic rings. The largest absolute Gasteiger partial charge is 0.366 e. The van der Waals surface area contributed by atoms with E-state index in [1.807, 2.05) is 30.3 Å². The SMILES string of the molecule is CC(=O)c1cccc(-c2cc(C(N)=O)c3[nH]ccc3c2)c1. The molecule has 4 heteroatoms. The first-order valence-corrected chi connectivity index (χ1v) is 6.58. The topological polar surface area (TPSA) is 76.0 Å². The molecular formula is C17H14N2O2. The van der Waals surface area contributed by atoms with Gasteiger partial charge in [-0.1, -0.05) is 18.2 Å². The summed E-state index contributed by atoms with van der Waals surface area (Å²) in [7, 11) is 0. The average Bonchev–Trinajstić information content (AvgIpc) is 2.94. The van der Waals surface area contributed by atoms with Crippen molar-refractivity contribution < 1.29 is 9.59 Å². The Hall–Kier alpha value is -2.88. The van der Waals surface area contributed by atoms with Gasteiger partial charge in [0.15, 0.2) is 5.78 Å². The molecule has 3 N–H and O–H groups in total. The molecule has 0 aliphatic heterocycles. The monoisotopic (exact) mass is 278 g/mol. The fraction of sp³-hybridized carbons (Fsp3) is 0.0588. The van der Waals surface area contributed by atoms with Gasteiger partial charge in [0.1, 0.15) is 0 Å². The van der Waals surface area contributed by atoms with E-state index in [4.69, 9.17) is 5.73 Å². The van der Waals surface area contributed by atoms with Gasteiger partial charge in [-0.05, 0) is 42.3 Å². The summed E-state index contributed by atoms with van der Waals surface area (Å²) in [5, 5.41) is 0.912. The number of ketones is 1. The van der Waals surface area contributed by atoms with E-state index in [9.17, 15) is 9.59 Å². The van der Waals surface area contributed by atoms with Crippen LogP contribution < -0.4 is 5.73 Å². The van der Waals surface area contributed by atoms with Gasteiger partial charge in [0, 0.05) is 17.1 Å². The molecule has 0 saturated heterocycles. The maximum atomic E-state index is 11.6. The summed E-state index contributed by atoms with van der Waals surface area (Å²) in [6.07, 6.45) is 1.77. The molecule has 21 heavy (non-hydrogen) atoms. The number of hydrogen-bond acceptors (Lipinski definition) is 2. The van der Waals surface area contributed by atoms with Crippen LogP contribution in [0.25, 0.3) is 22.0 Å². The maximum Gasteiger partial charge on any atom is 0.250 e. The Kier molecular flexibility index (Phi) is 3.06. The molecule has 4 nitrogen and oxygen atoms in total. The summed E-state index contributed by atoms with van der Waals surface area (Å²) in [4.78, 5) is 26.1. The van der Waals surface area contributed by atoms with E-state index in [1.165, 1.54) is 6.92 Å². The highest BCUT2D eigenvalue weighted by atomic mass is 16.1. The molecule has 0 spiro atoms. The van der Waals surface area contributed by atoms with Crippen LogP contribution in [0.1, 0.15) is 27.6 Å². The number of rotatable bonds is 3. The van der Waals surface area contributed by atoms with E-state index >= 15 is 0 Å². The second-order valence-corrected chi connectivity index (χ2v) is 4.97. The fourth-order valence-corrected chi connectivity index (χ4v) is 2.45. The number of primary amides is 1. The number of fused-ring (bicyclic) bond motifs is 1. The van der Waals surface area contributed by atoms with Crippen LogP contribution in [0.5, 0.6) is 0 Å². The number of hydrogen-bond donors (Lipinski definition) is 2. The van der Waals surface area contributed by atoms with E-state index in [2.05, 4.69) is 4.98 Å². The second kappa shape index (κ2) is 4.90. The van der Waals surface area contributed by atoms with Gasteiger partial charge in [-0.2, -0.15) is 0 Å². The number of nitrogens with two attached hydrogens (primary N) is 1. The average molecular weight is 278 g/mol. The van der Waals surface area contributed by atoms with Gasteiger partial charge in [-0.3, -0.25) is 9.59 Å². The van der Waals surface area contributed by atoms with E-state index < -0.39 is 5.91 Å². The first-order chi connectivity index (χ1) is 10.1. The third kappa shape index (κ3) is 2.31. The lowest BCUT2D eigenvalue weighted by Gasteiger charge is -2.07. The molecular weight excluding hydrogens is 264 g/mol. The Labute approximate surface area is 121 Å². The van der Waals surface area contributed by atoms with E-state index in [0.717, 1.165) is 22.0 Å². The van der Waals surface area contributed by atoms with Gasteiger partial charge in [-0.25, -0.2) is 0 Å². The first kappa shape index (κ1) is 13.1. The highest BCUT2D eigenvalue weighted by Gasteiger charge is 2.11. The van der Waals surface area contributed by atoms with Gasteiger partial charge in [0.2, 0.25) is 0 Å². The molecule has 0 radical (unpaired) electrons. The van der Waals surface area contributed by atoms with Crippen LogP contribution in [0.2, 0.25) is 0 Å². The molecule has 1 amide bonds. The van der Waals surface area contributed by atoms with Gasteiger partial charge in [-0.15, -0.1) is 0 Å². The van der Waals surface area contributed by atoms with E-state index in [-0.39, 0.29) is 5.78 Å². The van der Waals surface area contributed by atoms with Crippen molar-refractivity contribution in [3.8, 4) is 11.1 Å². The van der Waals surface area contributed by atoms with Crippen LogP contribution in [0.15, 0.2) is 48.7 Å². The summed E-state index contributed by atoms with van der Waals surface area (Å²) >= 11 is 0. The van der Waals surface area contributed by atoms with Gasteiger partial charge >= 0.3 is 0 Å². The number of carbonyl (C=O) groups is 2. The lowest BCUT2D eigenvalue weighted by atomic mass is 9.98. The van der Waals surface area contributed by atoms with Crippen molar-refractivity contribution >= 4 is 22.6 Å². The minimum atomic E-state index is -0.480. The summed E-state index contributed by atoms with van der Waals surface area (Å²) in [5.74, 6) is -0.471. The first-order valence-electron chi connectivity index (χ1n) is 6.58. The predicted octanol–water partition coefficient (Wildman–Crippen LogP) is 3.14. The number of benzene rings is 2. The fourth-order valence-electron chi connectivity index (χ4n) is 2.45. The van der Waals surface area contributed by atoms with Crippen LogP contribution in [0.3, 0.4) is 0 Å². The minimum Gasteiger partial charge on any atom is -0.366 e. The molecule has 0 unspecified atom stereocenters. The summed E-state index contributed by atoms with van der Waals surface area (Å²) in [6.45, 7) is 1.53. The molecule has 3 rings (SSSR count). The normalized spacial score (nSPS) is 10.7. The zero-order valence-electron chi connectivity index (χ0n) is 11.5.